The maximum Gasteiger partial charge on any atom is 0.322 e. The number of amidine groups is 1. The standard InChI is InChI=1S/C13H23N5O3/c1-10(15)17-8-3-2-5-13(16,6-4-7-14)12(21)18-9-11(19)20/h2-6,8-9,16H2,1H3,(H2,15,17)(H,18,21)(H,19,20). The Morgan fingerprint density at radius 1 is 1.38 bits per heavy atom. The number of aliphatic imine (C=N–C) groups is 1. The average molecular weight is 297 g/mol. The number of amides is 1. The summed E-state index contributed by atoms with van der Waals surface area (Å²) in [6.45, 7) is 1.76. The highest BCUT2D eigenvalue weighted by Gasteiger charge is 2.33. The van der Waals surface area contributed by atoms with Crippen LogP contribution in [-0.2, 0) is 9.59 Å². The molecule has 21 heavy (non-hydrogen) atoms. The van der Waals surface area contributed by atoms with Crippen molar-refractivity contribution in [3.05, 3.63) is 0 Å². The van der Waals surface area contributed by atoms with Crippen LogP contribution in [0.25, 0.3) is 0 Å². The summed E-state index contributed by atoms with van der Waals surface area (Å²) < 4.78 is 0. The molecule has 1 amide bonds. The fraction of sp³-hybridized carbons (Fsp3) is 0.692. The van der Waals surface area contributed by atoms with E-state index in [9.17, 15) is 9.59 Å². The van der Waals surface area contributed by atoms with Gasteiger partial charge in [-0.15, -0.1) is 0 Å². The number of aliphatic carboxylic acids is 1. The highest BCUT2D eigenvalue weighted by molar-refractivity contribution is 5.88. The van der Waals surface area contributed by atoms with Crippen molar-refractivity contribution < 1.29 is 14.7 Å². The van der Waals surface area contributed by atoms with Gasteiger partial charge in [-0.05, 0) is 32.6 Å². The molecule has 0 aliphatic heterocycles. The zero-order chi connectivity index (χ0) is 16.3. The Morgan fingerprint density at radius 2 is 2.05 bits per heavy atom. The topological polar surface area (TPSA) is 155 Å². The first-order valence-electron chi connectivity index (χ1n) is 6.74. The summed E-state index contributed by atoms with van der Waals surface area (Å²) in [5, 5.41) is 19.5. The Morgan fingerprint density at radius 3 is 2.57 bits per heavy atom. The molecule has 0 aliphatic carbocycles. The number of carboxylic acids is 1. The molecule has 118 valence electrons. The molecule has 6 N–H and O–H groups in total. The first-order chi connectivity index (χ1) is 9.81. The van der Waals surface area contributed by atoms with Crippen LogP contribution in [0.2, 0.25) is 0 Å². The Labute approximate surface area is 124 Å². The molecule has 0 aromatic rings. The van der Waals surface area contributed by atoms with E-state index >= 15 is 0 Å². The van der Waals surface area contributed by atoms with Crippen LogP contribution in [0.1, 0.15) is 39.0 Å². The van der Waals surface area contributed by atoms with Gasteiger partial charge in [0.05, 0.1) is 17.4 Å². The molecule has 0 saturated heterocycles. The van der Waals surface area contributed by atoms with E-state index in [0.717, 1.165) is 0 Å². The van der Waals surface area contributed by atoms with E-state index in [-0.39, 0.29) is 12.8 Å². The van der Waals surface area contributed by atoms with Gasteiger partial charge in [-0.3, -0.25) is 14.6 Å². The van der Waals surface area contributed by atoms with Crippen molar-refractivity contribution in [2.24, 2.45) is 16.5 Å². The lowest BCUT2D eigenvalue weighted by atomic mass is 9.88. The van der Waals surface area contributed by atoms with Gasteiger partial charge in [-0.2, -0.15) is 5.26 Å². The second-order valence-corrected chi connectivity index (χ2v) is 4.87. The van der Waals surface area contributed by atoms with Gasteiger partial charge < -0.3 is 21.9 Å². The largest absolute Gasteiger partial charge is 0.480 e. The Kier molecular flexibility index (Phi) is 8.73. The van der Waals surface area contributed by atoms with Crippen molar-refractivity contribution in [1.29, 1.82) is 5.26 Å². The Balaban J connectivity index is 4.46. The van der Waals surface area contributed by atoms with E-state index in [1.807, 2.05) is 6.07 Å². The van der Waals surface area contributed by atoms with Crippen LogP contribution in [0.5, 0.6) is 0 Å². The van der Waals surface area contributed by atoms with Gasteiger partial charge in [0.2, 0.25) is 5.91 Å². The number of carbonyl (C=O) groups excluding carboxylic acids is 1. The number of carbonyl (C=O) groups is 2. The third-order valence-electron chi connectivity index (χ3n) is 2.93. The average Bonchev–Trinajstić information content (AvgIpc) is 2.41. The van der Waals surface area contributed by atoms with Gasteiger partial charge in [0.25, 0.3) is 0 Å². The molecule has 1 unspecified atom stereocenters. The van der Waals surface area contributed by atoms with Crippen LogP contribution in [0, 0.1) is 11.3 Å². The number of nitrogens with one attached hydrogen (secondary N) is 1. The van der Waals surface area contributed by atoms with Crippen LogP contribution in [-0.4, -0.2) is 41.4 Å². The lowest BCUT2D eigenvalue weighted by Crippen LogP contribution is -2.54. The van der Waals surface area contributed by atoms with Crippen LogP contribution in [0.15, 0.2) is 4.99 Å². The molecular weight excluding hydrogens is 274 g/mol. The number of rotatable bonds is 10. The summed E-state index contributed by atoms with van der Waals surface area (Å²) in [6.07, 6.45) is 2.04. The van der Waals surface area contributed by atoms with E-state index < -0.39 is 24.0 Å². The van der Waals surface area contributed by atoms with Crippen molar-refractivity contribution in [1.82, 2.24) is 5.32 Å². The van der Waals surface area contributed by atoms with Gasteiger partial charge in [-0.25, -0.2) is 0 Å². The van der Waals surface area contributed by atoms with Crippen molar-refractivity contribution in [2.45, 2.75) is 44.6 Å². The molecule has 0 aliphatic rings. The van der Waals surface area contributed by atoms with Gasteiger partial charge in [0.15, 0.2) is 0 Å². The third-order valence-corrected chi connectivity index (χ3v) is 2.93. The lowest BCUT2D eigenvalue weighted by molar-refractivity contribution is -0.139. The predicted octanol–water partition coefficient (Wildman–Crippen LogP) is -0.264. The maximum absolute atomic E-state index is 12.0. The van der Waals surface area contributed by atoms with Gasteiger partial charge in [-0.1, -0.05) is 0 Å². The molecule has 0 saturated carbocycles. The number of nitrogens with zero attached hydrogens (tertiary/aromatic N) is 2. The smallest absolute Gasteiger partial charge is 0.322 e. The fourth-order valence-corrected chi connectivity index (χ4v) is 1.77. The second kappa shape index (κ2) is 9.72. The van der Waals surface area contributed by atoms with Gasteiger partial charge in [0.1, 0.15) is 6.54 Å². The minimum atomic E-state index is -1.23. The van der Waals surface area contributed by atoms with Crippen LogP contribution in [0.3, 0.4) is 0 Å². The number of nitrogens with two attached hydrogens (primary N) is 2. The SMILES string of the molecule is CC(N)=NCCCCC(N)(CCC#N)C(=O)NCC(=O)O. The number of nitriles is 1. The molecule has 1 atom stereocenters. The van der Waals surface area contributed by atoms with Crippen molar-refractivity contribution in [2.75, 3.05) is 13.1 Å². The van der Waals surface area contributed by atoms with Crippen LogP contribution >= 0.6 is 0 Å². The maximum atomic E-state index is 12.0. The molecule has 0 heterocycles. The first-order valence-corrected chi connectivity index (χ1v) is 6.74. The number of hydrogen-bond acceptors (Lipinski definition) is 5. The molecule has 8 heteroatoms. The zero-order valence-electron chi connectivity index (χ0n) is 12.3. The normalized spacial score (nSPS) is 14.0. The predicted molar refractivity (Wildman–Crippen MR) is 78.4 cm³/mol. The van der Waals surface area contributed by atoms with Crippen LogP contribution in [0.4, 0.5) is 0 Å². The van der Waals surface area contributed by atoms with E-state index in [1.54, 1.807) is 6.92 Å². The van der Waals surface area contributed by atoms with Crippen LogP contribution < -0.4 is 16.8 Å². The molecule has 0 aromatic carbocycles. The van der Waals surface area contributed by atoms with Crippen molar-refractivity contribution >= 4 is 17.7 Å². The molecule has 0 spiro atoms. The summed E-state index contributed by atoms with van der Waals surface area (Å²) in [7, 11) is 0. The third kappa shape index (κ3) is 8.60. The molecule has 0 fully saturated rings. The summed E-state index contributed by atoms with van der Waals surface area (Å²) in [4.78, 5) is 26.5. The Hall–Kier alpha value is -2.14. The molecule has 0 rings (SSSR count). The molecule has 0 bridgehead atoms. The van der Waals surface area contributed by atoms with E-state index in [1.165, 1.54) is 0 Å². The van der Waals surface area contributed by atoms with Crippen molar-refractivity contribution in [3.63, 3.8) is 0 Å². The number of carboxylic acid groups (broad SMARTS) is 1. The molecular formula is C13H23N5O3. The summed E-state index contributed by atoms with van der Waals surface area (Å²) in [5.41, 5.74) is 10.2. The lowest BCUT2D eigenvalue weighted by Gasteiger charge is -2.27. The fourth-order valence-electron chi connectivity index (χ4n) is 1.77. The monoisotopic (exact) mass is 297 g/mol. The number of unbranched alkanes of at least 4 members (excludes halogenated alkanes) is 1. The zero-order valence-corrected chi connectivity index (χ0v) is 12.3. The first kappa shape index (κ1) is 18.9. The minimum absolute atomic E-state index is 0.136. The van der Waals surface area contributed by atoms with Crippen molar-refractivity contribution in [3.8, 4) is 6.07 Å². The van der Waals surface area contributed by atoms with Gasteiger partial charge >= 0.3 is 5.97 Å². The quantitative estimate of drug-likeness (QED) is 0.247. The Bertz CT molecular complexity index is 426. The van der Waals surface area contributed by atoms with E-state index in [0.29, 0.717) is 31.6 Å². The van der Waals surface area contributed by atoms with E-state index in [4.69, 9.17) is 21.8 Å². The molecule has 0 radical (unpaired) electrons. The summed E-state index contributed by atoms with van der Waals surface area (Å²) >= 11 is 0. The summed E-state index contributed by atoms with van der Waals surface area (Å²) in [6, 6.07) is 1.94. The van der Waals surface area contributed by atoms with Gasteiger partial charge in [0, 0.05) is 13.0 Å². The minimum Gasteiger partial charge on any atom is -0.480 e. The molecule has 8 nitrogen and oxygen atoms in total. The number of hydrogen-bond donors (Lipinski definition) is 4. The van der Waals surface area contributed by atoms with E-state index in [2.05, 4.69) is 10.3 Å². The highest BCUT2D eigenvalue weighted by Crippen LogP contribution is 2.18. The summed E-state index contributed by atoms with van der Waals surface area (Å²) in [5.74, 6) is -1.19. The highest BCUT2D eigenvalue weighted by atomic mass is 16.4. The second-order valence-electron chi connectivity index (χ2n) is 4.87. The molecule has 0 aromatic heterocycles.